The van der Waals surface area contributed by atoms with Crippen LogP contribution in [0.3, 0.4) is 0 Å². The number of carbonyl (C=O) groups is 3. The van der Waals surface area contributed by atoms with Crippen molar-refractivity contribution < 1.29 is 38.4 Å². The molecule has 1 aliphatic rings. The smallest absolute Gasteiger partial charge is 0.303 e. The fraction of sp³-hybridized carbons (Fsp3) is 0.526. The van der Waals surface area contributed by atoms with E-state index in [0.717, 1.165) is 10.5 Å². The van der Waals surface area contributed by atoms with Crippen LogP contribution in [0.15, 0.2) is 29.2 Å². The minimum absolute atomic E-state index is 0.220. The molecule has 2 rings (SSSR count). The number of ether oxygens (including phenoxy) is 4. The minimum atomic E-state index is -1.36. The van der Waals surface area contributed by atoms with Crippen LogP contribution in [0.5, 0.6) is 0 Å². The molecule has 0 saturated carbocycles. The zero-order chi connectivity index (χ0) is 20.8. The molecule has 8 nitrogen and oxygen atoms in total. The third-order valence-electron chi connectivity index (χ3n) is 3.94. The molecule has 1 N–H and O–H groups in total. The van der Waals surface area contributed by atoms with Gasteiger partial charge in [0.2, 0.25) is 0 Å². The van der Waals surface area contributed by atoms with Crippen LogP contribution in [0.1, 0.15) is 26.3 Å². The van der Waals surface area contributed by atoms with Crippen LogP contribution in [-0.4, -0.2) is 59.5 Å². The number of aliphatic hydroxyl groups is 1. The summed E-state index contributed by atoms with van der Waals surface area (Å²) in [5.74, 6) is -1.79. The summed E-state index contributed by atoms with van der Waals surface area (Å²) in [4.78, 5) is 35.0. The molecule has 0 amide bonds. The van der Waals surface area contributed by atoms with Gasteiger partial charge in [0.05, 0.1) is 0 Å². The van der Waals surface area contributed by atoms with E-state index < -0.39 is 47.8 Å². The van der Waals surface area contributed by atoms with Crippen molar-refractivity contribution in [1.29, 1.82) is 0 Å². The predicted molar refractivity (Wildman–Crippen MR) is 99.4 cm³/mol. The molecule has 5 atom stereocenters. The van der Waals surface area contributed by atoms with Crippen LogP contribution >= 0.6 is 11.8 Å². The van der Waals surface area contributed by atoms with E-state index in [1.54, 1.807) is 0 Å². The van der Waals surface area contributed by atoms with E-state index in [2.05, 4.69) is 0 Å². The number of thioether (sulfide) groups is 1. The molecule has 0 unspecified atom stereocenters. The molecule has 0 aliphatic carbocycles. The van der Waals surface area contributed by atoms with Crippen molar-refractivity contribution in [2.24, 2.45) is 0 Å². The zero-order valence-corrected chi connectivity index (χ0v) is 16.9. The summed E-state index contributed by atoms with van der Waals surface area (Å²) in [6, 6.07) is 7.58. The van der Waals surface area contributed by atoms with E-state index in [-0.39, 0.29) is 6.61 Å². The summed E-state index contributed by atoms with van der Waals surface area (Å²) >= 11 is 1.25. The summed E-state index contributed by atoms with van der Waals surface area (Å²) in [6.07, 6.45) is -4.51. The molecule has 0 bridgehead atoms. The van der Waals surface area contributed by atoms with E-state index in [9.17, 15) is 19.5 Å². The first-order valence-electron chi connectivity index (χ1n) is 8.72. The van der Waals surface area contributed by atoms with Crippen molar-refractivity contribution in [3.05, 3.63) is 29.8 Å². The summed E-state index contributed by atoms with van der Waals surface area (Å²) < 4.78 is 21.4. The van der Waals surface area contributed by atoms with Gasteiger partial charge in [0, 0.05) is 25.7 Å². The summed E-state index contributed by atoms with van der Waals surface area (Å²) in [5.41, 5.74) is 0.280. The highest BCUT2D eigenvalue weighted by Crippen LogP contribution is 2.36. The molecule has 0 spiro atoms. The van der Waals surface area contributed by atoms with Crippen LogP contribution in [0, 0.1) is 6.92 Å². The van der Waals surface area contributed by atoms with Gasteiger partial charge in [-0.1, -0.05) is 29.5 Å². The molecule has 1 fully saturated rings. The highest BCUT2D eigenvalue weighted by Gasteiger charge is 2.49. The number of rotatable bonds is 6. The molecule has 1 saturated heterocycles. The summed E-state index contributed by atoms with van der Waals surface area (Å²) in [7, 11) is 0. The van der Waals surface area contributed by atoms with Crippen molar-refractivity contribution in [1.82, 2.24) is 0 Å². The second-order valence-electron chi connectivity index (χ2n) is 6.42. The normalized spacial score (nSPS) is 27.0. The second kappa shape index (κ2) is 9.90. The minimum Gasteiger partial charge on any atom is -0.463 e. The fourth-order valence-electron chi connectivity index (χ4n) is 2.73. The Morgan fingerprint density at radius 1 is 1.00 bits per heavy atom. The Hall–Kier alpha value is -2.10. The maximum Gasteiger partial charge on any atom is 0.303 e. The lowest BCUT2D eigenvalue weighted by Crippen LogP contribution is -2.60. The van der Waals surface area contributed by atoms with Gasteiger partial charge < -0.3 is 24.1 Å². The van der Waals surface area contributed by atoms with Crippen molar-refractivity contribution in [2.75, 3.05) is 6.61 Å². The van der Waals surface area contributed by atoms with Gasteiger partial charge in [-0.3, -0.25) is 14.4 Å². The maximum atomic E-state index is 11.6. The number of hydrogen-bond acceptors (Lipinski definition) is 9. The van der Waals surface area contributed by atoms with Gasteiger partial charge in [-0.2, -0.15) is 0 Å². The van der Waals surface area contributed by atoms with Crippen LogP contribution in [0.2, 0.25) is 0 Å². The summed E-state index contributed by atoms with van der Waals surface area (Å²) in [6.45, 7) is 5.37. The molecule has 1 heterocycles. The average Bonchev–Trinajstić information content (AvgIpc) is 2.60. The van der Waals surface area contributed by atoms with Crippen LogP contribution in [-0.2, 0) is 33.3 Å². The Balaban J connectivity index is 2.28. The topological polar surface area (TPSA) is 108 Å². The van der Waals surface area contributed by atoms with E-state index in [0.29, 0.717) is 0 Å². The van der Waals surface area contributed by atoms with Crippen molar-refractivity contribution in [3.63, 3.8) is 0 Å². The standard InChI is InChI=1S/C19H24O8S/c1-10-5-7-14(8-6-10)28-19-18(26-13(4)22)16(23)17(25-12(3)21)15(27-19)9-24-11(2)20/h5-8,15-19,23H,9H2,1-4H3/t15-,16+,17+,18-,19+/m1/s1. The number of aryl methyl sites for hydroxylation is 1. The number of aliphatic hydroxyl groups excluding tert-OH is 1. The SMILES string of the molecule is CC(=O)OC[C@H]1O[C@@H](Sc2ccc(C)cc2)[C@H](OC(C)=O)[C@@H](O)[C@H]1OC(C)=O. The molecule has 0 radical (unpaired) electrons. The van der Waals surface area contributed by atoms with E-state index >= 15 is 0 Å². The number of hydrogen-bond donors (Lipinski definition) is 1. The van der Waals surface area contributed by atoms with E-state index in [1.807, 2.05) is 31.2 Å². The predicted octanol–water partition coefficient (Wildman–Crippen LogP) is 1.60. The molecular weight excluding hydrogens is 388 g/mol. The third kappa shape index (κ3) is 6.22. The lowest BCUT2D eigenvalue weighted by molar-refractivity contribution is -0.229. The third-order valence-corrected chi connectivity index (χ3v) is 5.10. The van der Waals surface area contributed by atoms with Gasteiger partial charge in [-0.15, -0.1) is 0 Å². The van der Waals surface area contributed by atoms with Gasteiger partial charge in [0.15, 0.2) is 12.2 Å². The zero-order valence-electron chi connectivity index (χ0n) is 16.1. The average molecular weight is 412 g/mol. The molecule has 1 aromatic carbocycles. The highest BCUT2D eigenvalue weighted by molar-refractivity contribution is 7.99. The fourth-order valence-corrected chi connectivity index (χ4v) is 3.84. The Bertz CT molecular complexity index is 702. The Morgan fingerprint density at radius 3 is 2.11 bits per heavy atom. The largest absolute Gasteiger partial charge is 0.463 e. The first kappa shape index (κ1) is 22.2. The Labute approximate surface area is 167 Å². The number of carbonyl (C=O) groups excluding carboxylic acids is 3. The lowest BCUT2D eigenvalue weighted by atomic mass is 9.99. The maximum absolute atomic E-state index is 11.6. The molecule has 1 aromatic rings. The second-order valence-corrected chi connectivity index (χ2v) is 7.59. The highest BCUT2D eigenvalue weighted by atomic mass is 32.2. The van der Waals surface area contributed by atoms with Crippen molar-refractivity contribution >= 4 is 29.7 Å². The first-order chi connectivity index (χ1) is 13.2. The molecule has 1 aliphatic heterocycles. The van der Waals surface area contributed by atoms with E-state index in [1.165, 1.54) is 32.5 Å². The van der Waals surface area contributed by atoms with E-state index in [4.69, 9.17) is 18.9 Å². The van der Waals surface area contributed by atoms with Gasteiger partial charge in [0.25, 0.3) is 0 Å². The Morgan fingerprint density at radius 2 is 1.57 bits per heavy atom. The quantitative estimate of drug-likeness (QED) is 0.550. The Kier molecular flexibility index (Phi) is 7.85. The van der Waals surface area contributed by atoms with Crippen LogP contribution < -0.4 is 0 Å². The van der Waals surface area contributed by atoms with Gasteiger partial charge in [0.1, 0.15) is 24.3 Å². The van der Waals surface area contributed by atoms with Crippen LogP contribution in [0.4, 0.5) is 0 Å². The lowest BCUT2D eigenvalue weighted by Gasteiger charge is -2.42. The molecule has 0 aromatic heterocycles. The van der Waals surface area contributed by atoms with Crippen molar-refractivity contribution in [3.8, 4) is 0 Å². The van der Waals surface area contributed by atoms with Crippen LogP contribution in [0.25, 0.3) is 0 Å². The van der Waals surface area contributed by atoms with Gasteiger partial charge in [-0.25, -0.2) is 0 Å². The number of benzene rings is 1. The monoisotopic (exact) mass is 412 g/mol. The molecular formula is C19H24O8S. The summed E-state index contributed by atoms with van der Waals surface area (Å²) in [5, 5.41) is 10.8. The first-order valence-corrected chi connectivity index (χ1v) is 9.60. The van der Waals surface area contributed by atoms with Gasteiger partial charge in [-0.05, 0) is 19.1 Å². The van der Waals surface area contributed by atoms with Crippen molar-refractivity contribution in [2.45, 2.75) is 62.4 Å². The molecule has 28 heavy (non-hydrogen) atoms. The molecule has 9 heteroatoms. The van der Waals surface area contributed by atoms with Gasteiger partial charge >= 0.3 is 17.9 Å². The molecule has 154 valence electrons. The number of esters is 3.